The van der Waals surface area contributed by atoms with Crippen molar-refractivity contribution in [2.45, 2.75) is 6.92 Å². The van der Waals surface area contributed by atoms with Crippen molar-refractivity contribution in [1.82, 2.24) is 10.6 Å². The summed E-state index contributed by atoms with van der Waals surface area (Å²) in [5.74, 6) is 0.454. The van der Waals surface area contributed by atoms with Gasteiger partial charge in [-0.25, -0.2) is 0 Å². The summed E-state index contributed by atoms with van der Waals surface area (Å²) in [6.45, 7) is 1.74. The molecule has 0 aliphatic carbocycles. The van der Waals surface area contributed by atoms with Crippen LogP contribution in [0.2, 0.25) is 0 Å². The summed E-state index contributed by atoms with van der Waals surface area (Å²) < 4.78 is 22.5. The second-order valence-corrected chi connectivity index (χ2v) is 6.73. The van der Waals surface area contributed by atoms with Crippen molar-refractivity contribution < 1.29 is 33.3 Å². The minimum absolute atomic E-state index is 0.226. The fraction of sp³-hybridized carbons (Fsp3) is 0.318. The van der Waals surface area contributed by atoms with E-state index in [2.05, 4.69) is 16.0 Å². The van der Waals surface area contributed by atoms with Gasteiger partial charge in [0.15, 0.2) is 24.7 Å². The molecule has 3 N–H and O–H groups in total. The van der Waals surface area contributed by atoms with E-state index >= 15 is 0 Å². The number of carbonyl (C=O) groups excluding carboxylic acids is 3. The third-order valence-corrected chi connectivity index (χ3v) is 4.22. The highest BCUT2D eigenvalue weighted by molar-refractivity contribution is 5.92. The van der Waals surface area contributed by atoms with Crippen LogP contribution in [0.3, 0.4) is 0 Å². The second-order valence-electron chi connectivity index (χ2n) is 6.73. The third-order valence-electron chi connectivity index (χ3n) is 4.22. The number of rotatable bonds is 1. The number of anilines is 1. The molecular weight excluding hydrogens is 418 g/mol. The summed E-state index contributed by atoms with van der Waals surface area (Å²) in [6.07, 6.45) is 0. The van der Waals surface area contributed by atoms with Gasteiger partial charge in [-0.3, -0.25) is 14.4 Å². The molecule has 2 aromatic carbocycles. The minimum Gasteiger partial charge on any atom is -0.488 e. The van der Waals surface area contributed by atoms with Gasteiger partial charge in [-0.05, 0) is 24.3 Å². The van der Waals surface area contributed by atoms with E-state index in [1.165, 1.54) is 6.92 Å². The quantitative estimate of drug-likeness (QED) is 0.603. The zero-order valence-corrected chi connectivity index (χ0v) is 17.6. The largest absolute Gasteiger partial charge is 0.488 e. The smallest absolute Gasteiger partial charge is 0.258 e. The van der Waals surface area contributed by atoms with Gasteiger partial charge in [0.25, 0.3) is 11.8 Å². The Hall–Kier alpha value is -3.95. The molecule has 170 valence electrons. The topological polar surface area (TPSA) is 124 Å². The lowest BCUT2D eigenvalue weighted by Gasteiger charge is -2.16. The molecule has 1 heterocycles. The predicted molar refractivity (Wildman–Crippen MR) is 115 cm³/mol. The lowest BCUT2D eigenvalue weighted by Crippen LogP contribution is -2.32. The lowest BCUT2D eigenvalue weighted by atomic mass is 10.2. The van der Waals surface area contributed by atoms with Gasteiger partial charge < -0.3 is 34.9 Å². The van der Waals surface area contributed by atoms with Gasteiger partial charge in [-0.2, -0.15) is 0 Å². The van der Waals surface area contributed by atoms with E-state index in [-0.39, 0.29) is 74.4 Å². The molecule has 2 bridgehead atoms. The Morgan fingerprint density at radius 3 is 1.69 bits per heavy atom. The highest BCUT2D eigenvalue weighted by atomic mass is 16.5. The summed E-state index contributed by atoms with van der Waals surface area (Å²) in [5, 5.41) is 8.02. The fourth-order valence-electron chi connectivity index (χ4n) is 2.83. The van der Waals surface area contributed by atoms with Crippen LogP contribution in [0.4, 0.5) is 5.69 Å². The van der Waals surface area contributed by atoms with Crippen LogP contribution in [-0.4, -0.2) is 57.2 Å². The van der Waals surface area contributed by atoms with E-state index in [4.69, 9.17) is 18.9 Å². The second kappa shape index (κ2) is 11.4. The minimum atomic E-state index is -0.365. The average Bonchev–Trinajstić information content (AvgIpc) is 2.77. The number of hydrogen-bond acceptors (Lipinski definition) is 7. The molecule has 3 amide bonds. The average molecular weight is 443 g/mol. The van der Waals surface area contributed by atoms with Crippen molar-refractivity contribution in [2.75, 3.05) is 44.8 Å². The van der Waals surface area contributed by atoms with Gasteiger partial charge in [-0.15, -0.1) is 0 Å². The van der Waals surface area contributed by atoms with Gasteiger partial charge in [0.2, 0.25) is 5.91 Å². The van der Waals surface area contributed by atoms with E-state index < -0.39 is 0 Å². The highest BCUT2D eigenvalue weighted by Gasteiger charge is 2.15. The van der Waals surface area contributed by atoms with Gasteiger partial charge in [0, 0.05) is 6.92 Å². The summed E-state index contributed by atoms with van der Waals surface area (Å²) >= 11 is 0. The maximum absolute atomic E-state index is 12.2. The normalized spacial score (nSPS) is 15.4. The van der Waals surface area contributed by atoms with Gasteiger partial charge in [0.1, 0.15) is 30.4 Å². The van der Waals surface area contributed by atoms with Crippen LogP contribution in [0, 0.1) is 0 Å². The SMILES string of the molecule is CC(=O)Nc1c2cccc1OCC(=O)NCCOc1ccccc1OCCNC(=O)CO2. The number of amides is 3. The molecule has 0 unspecified atom stereocenters. The number of ether oxygens (including phenoxy) is 4. The van der Waals surface area contributed by atoms with Gasteiger partial charge >= 0.3 is 0 Å². The molecular formula is C22H25N3O7. The van der Waals surface area contributed by atoms with Crippen molar-refractivity contribution in [2.24, 2.45) is 0 Å². The van der Waals surface area contributed by atoms with E-state index in [0.717, 1.165) is 0 Å². The first-order valence-electron chi connectivity index (χ1n) is 10.1. The molecule has 1 aliphatic rings. The third kappa shape index (κ3) is 6.79. The molecule has 10 nitrogen and oxygen atoms in total. The maximum atomic E-state index is 12.2. The Labute approximate surface area is 185 Å². The van der Waals surface area contributed by atoms with Crippen molar-refractivity contribution in [1.29, 1.82) is 0 Å². The van der Waals surface area contributed by atoms with Crippen molar-refractivity contribution in [3.8, 4) is 23.0 Å². The van der Waals surface area contributed by atoms with E-state index in [1.807, 2.05) is 12.1 Å². The summed E-state index contributed by atoms with van der Waals surface area (Å²) in [7, 11) is 0. The maximum Gasteiger partial charge on any atom is 0.258 e. The van der Waals surface area contributed by atoms with Crippen LogP contribution in [0.15, 0.2) is 42.5 Å². The molecule has 0 saturated heterocycles. The Morgan fingerprint density at radius 2 is 1.22 bits per heavy atom. The van der Waals surface area contributed by atoms with Crippen LogP contribution in [0.5, 0.6) is 23.0 Å². The van der Waals surface area contributed by atoms with Crippen molar-refractivity contribution in [3.63, 3.8) is 0 Å². The summed E-state index contributed by atoms with van der Waals surface area (Å²) in [6, 6.07) is 11.9. The lowest BCUT2D eigenvalue weighted by molar-refractivity contribution is -0.123. The van der Waals surface area contributed by atoms with Crippen molar-refractivity contribution >= 4 is 23.4 Å². The van der Waals surface area contributed by atoms with Crippen LogP contribution >= 0.6 is 0 Å². The molecule has 1 aliphatic heterocycles. The number of hydrogen-bond donors (Lipinski definition) is 3. The number of para-hydroxylation sites is 3. The Balaban J connectivity index is 1.74. The first-order valence-corrected chi connectivity index (χ1v) is 10.1. The number of fused-ring (bicyclic) bond motifs is 3. The molecule has 3 rings (SSSR count). The molecule has 0 atom stereocenters. The zero-order valence-electron chi connectivity index (χ0n) is 17.6. The molecule has 2 aromatic rings. The number of benzene rings is 2. The van der Waals surface area contributed by atoms with Crippen molar-refractivity contribution in [3.05, 3.63) is 42.5 Å². The van der Waals surface area contributed by atoms with Crippen LogP contribution in [-0.2, 0) is 14.4 Å². The molecule has 32 heavy (non-hydrogen) atoms. The molecule has 0 radical (unpaired) electrons. The fourth-order valence-corrected chi connectivity index (χ4v) is 2.83. The predicted octanol–water partition coefficient (Wildman–Crippen LogP) is 1.11. The Kier molecular flexibility index (Phi) is 8.13. The molecule has 10 heteroatoms. The first kappa shape index (κ1) is 22.7. The summed E-state index contributed by atoms with van der Waals surface area (Å²) in [4.78, 5) is 35.9. The van der Waals surface area contributed by atoms with E-state index in [0.29, 0.717) is 11.5 Å². The van der Waals surface area contributed by atoms with E-state index in [1.54, 1.807) is 30.3 Å². The molecule has 0 aromatic heterocycles. The molecule has 0 saturated carbocycles. The first-order chi connectivity index (χ1) is 15.5. The molecule has 0 spiro atoms. The van der Waals surface area contributed by atoms with Gasteiger partial charge in [0.05, 0.1) is 13.1 Å². The van der Waals surface area contributed by atoms with E-state index in [9.17, 15) is 14.4 Å². The van der Waals surface area contributed by atoms with Crippen LogP contribution in [0.25, 0.3) is 0 Å². The standard InChI is InChI=1S/C22H25N3O7/c1-15(26)25-22-18-7-4-8-19(22)32-14-21(28)24-10-12-30-17-6-3-2-5-16(17)29-11-9-23-20(27)13-31-18/h2-8H,9-14H2,1H3,(H,23,27)(H,24,28)(H,25,26). The number of carbonyl (C=O) groups is 3. The van der Waals surface area contributed by atoms with Gasteiger partial charge in [-0.1, -0.05) is 18.2 Å². The Morgan fingerprint density at radius 1 is 0.750 bits per heavy atom. The van der Waals surface area contributed by atoms with Crippen LogP contribution in [0.1, 0.15) is 6.92 Å². The Bertz CT molecular complexity index is 899. The summed E-state index contributed by atoms with van der Waals surface area (Å²) in [5.41, 5.74) is 0.237. The highest BCUT2D eigenvalue weighted by Crippen LogP contribution is 2.34. The number of nitrogens with one attached hydrogen (secondary N) is 3. The van der Waals surface area contributed by atoms with Crippen LogP contribution < -0.4 is 34.9 Å². The monoisotopic (exact) mass is 443 g/mol. The zero-order chi connectivity index (χ0) is 22.8. The molecule has 0 fully saturated rings.